The molecule has 0 radical (unpaired) electrons. The summed E-state index contributed by atoms with van der Waals surface area (Å²) in [6.45, 7) is 0. The summed E-state index contributed by atoms with van der Waals surface area (Å²) in [5.41, 5.74) is 5.59. The number of rotatable bonds is 0. The lowest BCUT2D eigenvalue weighted by atomic mass is 10.1. The molecule has 0 unspecified atom stereocenters. The number of amides is 1. The molecule has 0 atom stereocenters. The smallest absolute Gasteiger partial charge is 0.293 e. The van der Waals surface area contributed by atoms with E-state index in [1.807, 2.05) is 24.3 Å². The van der Waals surface area contributed by atoms with Gasteiger partial charge in [-0.1, -0.05) is 41.8 Å². The summed E-state index contributed by atoms with van der Waals surface area (Å²) >= 11 is 5.94. The minimum absolute atomic E-state index is 0.417. The predicted octanol–water partition coefficient (Wildman–Crippen LogP) is 1.72. The Kier molecular flexibility index (Phi) is 2.76. The van der Waals surface area contributed by atoms with Crippen LogP contribution >= 0.6 is 11.6 Å². The average molecular weight is 231 g/mol. The molecule has 0 saturated carbocycles. The second-order valence-electron chi connectivity index (χ2n) is 3.12. The van der Waals surface area contributed by atoms with E-state index in [2.05, 4.69) is 16.8 Å². The van der Waals surface area contributed by atoms with E-state index in [0.717, 1.165) is 10.8 Å². The van der Waals surface area contributed by atoms with Crippen molar-refractivity contribution in [2.24, 2.45) is 5.73 Å². The van der Waals surface area contributed by atoms with Gasteiger partial charge in [0.2, 0.25) is 0 Å². The van der Waals surface area contributed by atoms with Crippen LogP contribution in [0.5, 0.6) is 0 Å². The van der Waals surface area contributed by atoms with E-state index in [9.17, 15) is 4.79 Å². The van der Waals surface area contributed by atoms with Crippen LogP contribution < -0.4 is 5.73 Å². The highest BCUT2D eigenvalue weighted by molar-refractivity contribution is 6.34. The highest BCUT2D eigenvalue weighted by Crippen LogP contribution is 2.23. The molecule has 0 aliphatic heterocycles. The van der Waals surface area contributed by atoms with Crippen molar-refractivity contribution in [1.82, 2.24) is 4.98 Å². The molecule has 4 heteroatoms. The van der Waals surface area contributed by atoms with Gasteiger partial charge in [-0.15, -0.1) is 0 Å². The molecule has 0 aliphatic carbocycles. The second-order valence-corrected chi connectivity index (χ2v) is 3.48. The highest BCUT2D eigenvalue weighted by Gasteiger charge is 2.03. The number of carbonyl (C=O) groups is 1. The Labute approximate surface area is 97.2 Å². The fraction of sp³-hybridized carbons (Fsp3) is 0. The van der Waals surface area contributed by atoms with Crippen LogP contribution in [-0.2, 0) is 4.79 Å². The Hall–Kier alpha value is -2.05. The Bertz CT molecular complexity index is 626. The number of nitrogens with two attached hydrogens (primary N) is 1. The maximum absolute atomic E-state index is 10.6. The van der Waals surface area contributed by atoms with Gasteiger partial charge in [-0.05, 0) is 0 Å². The van der Waals surface area contributed by atoms with Gasteiger partial charge in [-0.3, -0.25) is 4.79 Å². The monoisotopic (exact) mass is 230 g/mol. The Morgan fingerprint density at radius 2 is 2.00 bits per heavy atom. The Balaban J connectivity index is 2.69. The maximum atomic E-state index is 10.6. The van der Waals surface area contributed by atoms with Crippen LogP contribution in [0.2, 0.25) is 5.15 Å². The van der Waals surface area contributed by atoms with Crippen LogP contribution in [0.3, 0.4) is 0 Å². The van der Waals surface area contributed by atoms with Gasteiger partial charge in [-0.2, -0.15) is 0 Å². The molecular weight excluding hydrogens is 224 g/mol. The number of hydrogen-bond donors (Lipinski definition) is 1. The van der Waals surface area contributed by atoms with E-state index in [0.29, 0.717) is 10.7 Å². The predicted molar refractivity (Wildman–Crippen MR) is 62.8 cm³/mol. The quantitative estimate of drug-likeness (QED) is 0.554. The number of nitrogens with zero attached hydrogens (tertiary/aromatic N) is 1. The maximum Gasteiger partial charge on any atom is 0.293 e. The topological polar surface area (TPSA) is 56.0 Å². The number of carbonyl (C=O) groups excluding carboxylic acids is 1. The van der Waals surface area contributed by atoms with Crippen molar-refractivity contribution in [3.05, 3.63) is 41.2 Å². The first-order valence-corrected chi connectivity index (χ1v) is 4.91. The summed E-state index contributed by atoms with van der Waals surface area (Å²) < 4.78 is 0. The van der Waals surface area contributed by atoms with Crippen LogP contribution in [0, 0.1) is 11.8 Å². The number of fused-ring (bicyclic) bond motifs is 1. The Morgan fingerprint density at radius 3 is 2.69 bits per heavy atom. The summed E-state index contributed by atoms with van der Waals surface area (Å²) in [4.78, 5) is 14.6. The molecule has 1 heterocycles. The molecule has 2 rings (SSSR count). The number of benzene rings is 1. The van der Waals surface area contributed by atoms with Gasteiger partial charge in [0.25, 0.3) is 5.91 Å². The van der Waals surface area contributed by atoms with Crippen molar-refractivity contribution in [2.45, 2.75) is 0 Å². The van der Waals surface area contributed by atoms with E-state index in [4.69, 9.17) is 17.3 Å². The molecule has 0 bridgehead atoms. The van der Waals surface area contributed by atoms with Crippen LogP contribution in [0.4, 0.5) is 0 Å². The van der Waals surface area contributed by atoms with E-state index in [1.54, 1.807) is 0 Å². The molecule has 78 valence electrons. The molecule has 0 aliphatic rings. The molecule has 1 amide bonds. The number of halogens is 1. The summed E-state index contributed by atoms with van der Waals surface area (Å²) in [7, 11) is 0. The summed E-state index contributed by atoms with van der Waals surface area (Å²) in [6, 6.07) is 7.45. The molecule has 2 N–H and O–H groups in total. The SMILES string of the molecule is NC(=O)C#Cc1cnc(Cl)c2ccccc12. The van der Waals surface area contributed by atoms with Crippen molar-refractivity contribution in [3.8, 4) is 11.8 Å². The first-order valence-electron chi connectivity index (χ1n) is 4.53. The van der Waals surface area contributed by atoms with Gasteiger partial charge in [0.05, 0.1) is 5.56 Å². The summed E-state index contributed by atoms with van der Waals surface area (Å²) in [5.74, 6) is 4.28. The number of aromatic nitrogens is 1. The molecule has 16 heavy (non-hydrogen) atoms. The fourth-order valence-electron chi connectivity index (χ4n) is 1.39. The van der Waals surface area contributed by atoms with Gasteiger partial charge < -0.3 is 5.73 Å². The lowest BCUT2D eigenvalue weighted by molar-refractivity contribution is -0.112. The molecule has 0 saturated heterocycles. The third kappa shape index (κ3) is 1.97. The standard InChI is InChI=1S/C12H7ClN2O/c13-12-10-4-2-1-3-9(10)8(7-15-12)5-6-11(14)16/h1-4,7H,(H2,14,16). The van der Waals surface area contributed by atoms with Crippen molar-refractivity contribution < 1.29 is 4.79 Å². The first kappa shape index (κ1) is 10.5. The van der Waals surface area contributed by atoms with E-state index in [1.165, 1.54) is 6.20 Å². The zero-order chi connectivity index (χ0) is 11.5. The third-order valence-corrected chi connectivity index (χ3v) is 2.37. The largest absolute Gasteiger partial charge is 0.359 e. The van der Waals surface area contributed by atoms with Crippen LogP contribution in [-0.4, -0.2) is 10.9 Å². The van der Waals surface area contributed by atoms with E-state index < -0.39 is 5.91 Å². The van der Waals surface area contributed by atoms with Crippen LogP contribution in [0.1, 0.15) is 5.56 Å². The Morgan fingerprint density at radius 1 is 1.31 bits per heavy atom. The summed E-state index contributed by atoms with van der Waals surface area (Å²) in [6.07, 6.45) is 1.53. The van der Waals surface area contributed by atoms with Gasteiger partial charge in [0, 0.05) is 22.9 Å². The normalized spacial score (nSPS) is 9.56. The minimum atomic E-state index is -0.668. The van der Waals surface area contributed by atoms with Gasteiger partial charge in [0.1, 0.15) is 5.15 Å². The molecule has 3 nitrogen and oxygen atoms in total. The number of hydrogen-bond acceptors (Lipinski definition) is 2. The van der Waals surface area contributed by atoms with Gasteiger partial charge in [0.15, 0.2) is 0 Å². The molecule has 0 spiro atoms. The van der Waals surface area contributed by atoms with Crippen LogP contribution in [0.15, 0.2) is 30.5 Å². The van der Waals surface area contributed by atoms with Gasteiger partial charge >= 0.3 is 0 Å². The summed E-state index contributed by atoms with van der Waals surface area (Å²) in [5, 5.41) is 2.08. The molecule has 2 aromatic rings. The second kappa shape index (κ2) is 4.21. The zero-order valence-corrected chi connectivity index (χ0v) is 8.95. The highest BCUT2D eigenvalue weighted by atomic mass is 35.5. The van der Waals surface area contributed by atoms with Crippen molar-refractivity contribution >= 4 is 28.3 Å². The number of pyridine rings is 1. The molecular formula is C12H7ClN2O. The van der Waals surface area contributed by atoms with Crippen LogP contribution in [0.25, 0.3) is 10.8 Å². The lowest BCUT2D eigenvalue weighted by Crippen LogP contribution is -2.06. The molecule has 1 aromatic carbocycles. The fourth-order valence-corrected chi connectivity index (χ4v) is 1.60. The van der Waals surface area contributed by atoms with E-state index >= 15 is 0 Å². The number of primary amides is 1. The van der Waals surface area contributed by atoms with Gasteiger partial charge in [-0.25, -0.2) is 4.98 Å². The van der Waals surface area contributed by atoms with Crippen molar-refractivity contribution in [2.75, 3.05) is 0 Å². The average Bonchev–Trinajstić information content (AvgIpc) is 2.28. The third-order valence-electron chi connectivity index (χ3n) is 2.07. The van der Waals surface area contributed by atoms with E-state index in [-0.39, 0.29) is 0 Å². The molecule has 0 fully saturated rings. The lowest BCUT2D eigenvalue weighted by Gasteiger charge is -2.01. The zero-order valence-electron chi connectivity index (χ0n) is 8.20. The van der Waals surface area contributed by atoms with Crippen molar-refractivity contribution in [3.63, 3.8) is 0 Å². The minimum Gasteiger partial charge on any atom is -0.359 e. The molecule has 1 aromatic heterocycles. The first-order chi connectivity index (χ1) is 7.68. The van der Waals surface area contributed by atoms with Crippen molar-refractivity contribution in [1.29, 1.82) is 0 Å².